The Hall–Kier alpha value is -0.480. The summed E-state index contributed by atoms with van der Waals surface area (Å²) in [5.74, 6) is -1.15. The lowest BCUT2D eigenvalue weighted by atomic mass is 10.4. The van der Waals surface area contributed by atoms with E-state index in [1.807, 2.05) is 0 Å². The van der Waals surface area contributed by atoms with E-state index in [0.717, 1.165) is 0 Å². The van der Waals surface area contributed by atoms with Gasteiger partial charge in [-0.3, -0.25) is 9.59 Å². The van der Waals surface area contributed by atoms with Gasteiger partial charge >= 0.3 is 0 Å². The molecule has 0 bridgehead atoms. The molecule has 4 unspecified atom stereocenters. The smallest absolute Gasteiger partial charge is 0.259 e. The molecule has 0 rings (SSSR count). The highest BCUT2D eigenvalue weighted by atomic mass is 32.1. The van der Waals surface area contributed by atoms with Crippen molar-refractivity contribution >= 4 is 37.1 Å². The molecule has 112 valence electrons. The molecule has 0 aromatic heterocycles. The van der Waals surface area contributed by atoms with Crippen LogP contribution in [0.25, 0.3) is 0 Å². The third-order valence-electron chi connectivity index (χ3n) is 1.85. The van der Waals surface area contributed by atoms with Crippen molar-refractivity contribution < 1.29 is 24.5 Å². The molecule has 9 heteroatoms. The molecule has 0 saturated heterocycles. The maximum Gasteiger partial charge on any atom is 0.259 e. The molecule has 0 radical (unpaired) electrons. The number of carbonyl (C=O) groups is 2. The Balaban J connectivity index is 4.06. The van der Waals surface area contributed by atoms with E-state index in [1.54, 1.807) is 0 Å². The Kier molecular flexibility index (Phi) is 9.19. The fourth-order valence-electron chi connectivity index (χ4n) is 0.917. The van der Waals surface area contributed by atoms with Crippen LogP contribution in [0.15, 0.2) is 0 Å². The minimum Gasteiger partial charge on any atom is -0.392 e. The van der Waals surface area contributed by atoms with Gasteiger partial charge in [0, 0.05) is 13.1 Å². The normalized spacial score (nSPS) is 17.2. The minimum absolute atomic E-state index is 0.0602. The first-order chi connectivity index (χ1) is 8.73. The minimum atomic E-state index is -1.18. The molecule has 0 aromatic carbocycles. The molecule has 4 atom stereocenters. The number of hydrogen-bond donors (Lipinski definition) is 6. The van der Waals surface area contributed by atoms with Crippen molar-refractivity contribution in [2.24, 2.45) is 0 Å². The Bertz CT molecular complexity index is 274. The lowest BCUT2D eigenvalue weighted by molar-refractivity contribution is -0.135. The summed E-state index contributed by atoms with van der Waals surface area (Å²) in [7, 11) is 0. The Morgan fingerprint density at radius 1 is 1.00 bits per heavy atom. The van der Waals surface area contributed by atoms with Crippen molar-refractivity contribution in [2.75, 3.05) is 13.1 Å². The highest BCUT2D eigenvalue weighted by Crippen LogP contribution is 2.07. The van der Waals surface area contributed by atoms with Gasteiger partial charge in [-0.1, -0.05) is 0 Å². The molecule has 0 aliphatic rings. The zero-order chi connectivity index (χ0) is 15.0. The average Bonchev–Trinajstić information content (AvgIpc) is 2.32. The summed E-state index contributed by atoms with van der Waals surface area (Å²) in [5, 5.41) is 22.7. The summed E-state index contributed by atoms with van der Waals surface area (Å²) in [6.45, 7) is 3.15. The van der Waals surface area contributed by atoms with E-state index >= 15 is 0 Å². The van der Waals surface area contributed by atoms with E-state index in [9.17, 15) is 9.59 Å². The van der Waals surface area contributed by atoms with Gasteiger partial charge in [-0.05, 0) is 13.8 Å². The van der Waals surface area contributed by atoms with Crippen LogP contribution in [0.1, 0.15) is 13.8 Å². The number of amides is 2. The third kappa shape index (κ3) is 9.11. The van der Waals surface area contributed by atoms with Crippen LogP contribution in [0.4, 0.5) is 0 Å². The summed E-state index contributed by atoms with van der Waals surface area (Å²) in [5.41, 5.74) is -2.36. The van der Waals surface area contributed by atoms with E-state index in [4.69, 9.17) is 14.9 Å². The molecular formula is C10H20N2O5S2. The largest absolute Gasteiger partial charge is 0.392 e. The number of thiol groups is 2. The van der Waals surface area contributed by atoms with Crippen LogP contribution in [0, 0.1) is 0 Å². The standard InChI is InChI=1S/C10H20N2O5S2/c1-5(13)3-11-7(15)9(18)17-10(19)8(16)12-4-6(2)14/h5-6,9-10,13-14,18-19H,3-4H2,1-2H3,(H,11,15)(H,12,16). The summed E-state index contributed by atoms with van der Waals surface area (Å²) in [4.78, 5) is 22.9. The zero-order valence-electron chi connectivity index (χ0n) is 10.7. The van der Waals surface area contributed by atoms with E-state index in [1.165, 1.54) is 13.8 Å². The maximum atomic E-state index is 11.4. The summed E-state index contributed by atoms with van der Waals surface area (Å²) >= 11 is 7.75. The highest BCUT2D eigenvalue weighted by Gasteiger charge is 2.22. The fraction of sp³-hybridized carbons (Fsp3) is 0.800. The molecule has 0 aromatic rings. The fourth-order valence-corrected chi connectivity index (χ4v) is 1.44. The third-order valence-corrected chi connectivity index (χ3v) is 2.56. The van der Waals surface area contributed by atoms with E-state index in [0.29, 0.717) is 0 Å². The number of nitrogens with one attached hydrogen (secondary N) is 2. The van der Waals surface area contributed by atoms with Crippen molar-refractivity contribution in [1.29, 1.82) is 0 Å². The molecule has 19 heavy (non-hydrogen) atoms. The molecule has 0 saturated carbocycles. The molecule has 0 heterocycles. The zero-order valence-corrected chi connectivity index (χ0v) is 12.5. The maximum absolute atomic E-state index is 11.4. The van der Waals surface area contributed by atoms with Crippen molar-refractivity contribution in [1.82, 2.24) is 10.6 Å². The SMILES string of the molecule is CC(O)CNC(=O)C(S)OC(S)C(=O)NCC(C)O. The monoisotopic (exact) mass is 312 g/mol. The van der Waals surface area contributed by atoms with Gasteiger partial charge in [-0.2, -0.15) is 0 Å². The average molecular weight is 312 g/mol. The van der Waals surface area contributed by atoms with E-state index in [-0.39, 0.29) is 13.1 Å². The lowest BCUT2D eigenvalue weighted by Crippen LogP contribution is -2.42. The van der Waals surface area contributed by atoms with Crippen molar-refractivity contribution in [3.05, 3.63) is 0 Å². The first-order valence-electron chi connectivity index (χ1n) is 5.67. The predicted octanol–water partition coefficient (Wildman–Crippen LogP) is -1.49. The number of hydrogen-bond acceptors (Lipinski definition) is 7. The van der Waals surface area contributed by atoms with Gasteiger partial charge in [0.2, 0.25) is 0 Å². The molecule has 0 aliphatic heterocycles. The van der Waals surface area contributed by atoms with Crippen molar-refractivity contribution in [3.8, 4) is 0 Å². The second kappa shape index (κ2) is 9.43. The van der Waals surface area contributed by atoms with Crippen LogP contribution in [-0.4, -0.2) is 58.2 Å². The summed E-state index contributed by atoms with van der Waals surface area (Å²) < 4.78 is 4.98. The lowest BCUT2D eigenvalue weighted by Gasteiger charge is -2.18. The topological polar surface area (TPSA) is 108 Å². The molecule has 2 amide bonds. The van der Waals surface area contributed by atoms with Crippen LogP contribution >= 0.6 is 25.3 Å². The first kappa shape index (κ1) is 18.5. The van der Waals surface area contributed by atoms with Crippen molar-refractivity contribution in [3.63, 3.8) is 0 Å². The number of aliphatic hydroxyl groups excluding tert-OH is 2. The van der Waals surface area contributed by atoms with Crippen LogP contribution < -0.4 is 10.6 Å². The second-order valence-corrected chi connectivity index (χ2v) is 4.97. The molecule has 4 N–H and O–H groups in total. The Morgan fingerprint density at radius 2 is 1.32 bits per heavy atom. The molecule has 0 aliphatic carbocycles. The number of ether oxygens (including phenoxy) is 1. The van der Waals surface area contributed by atoms with Gasteiger partial charge in [0.25, 0.3) is 11.8 Å². The number of aliphatic hydroxyl groups is 2. The second-order valence-electron chi connectivity index (χ2n) is 4.03. The van der Waals surface area contributed by atoms with Crippen LogP contribution in [0.2, 0.25) is 0 Å². The van der Waals surface area contributed by atoms with Crippen LogP contribution in [-0.2, 0) is 14.3 Å². The van der Waals surface area contributed by atoms with Gasteiger partial charge < -0.3 is 25.6 Å². The quantitative estimate of drug-likeness (QED) is 0.242. The van der Waals surface area contributed by atoms with E-state index in [2.05, 4.69) is 35.9 Å². The molecule has 0 fully saturated rings. The van der Waals surface area contributed by atoms with Crippen LogP contribution in [0.5, 0.6) is 0 Å². The first-order valence-corrected chi connectivity index (χ1v) is 6.70. The summed E-state index contributed by atoms with van der Waals surface area (Å²) in [6, 6.07) is 0. The van der Waals surface area contributed by atoms with Gasteiger partial charge in [0.05, 0.1) is 12.2 Å². The molecular weight excluding hydrogens is 292 g/mol. The van der Waals surface area contributed by atoms with Gasteiger partial charge in [-0.15, -0.1) is 25.3 Å². The molecule has 7 nitrogen and oxygen atoms in total. The van der Waals surface area contributed by atoms with Gasteiger partial charge in [0.1, 0.15) is 0 Å². The highest BCUT2D eigenvalue weighted by molar-refractivity contribution is 7.82. The Morgan fingerprint density at radius 3 is 1.58 bits per heavy atom. The van der Waals surface area contributed by atoms with E-state index < -0.39 is 34.9 Å². The van der Waals surface area contributed by atoms with Gasteiger partial charge in [-0.25, -0.2) is 0 Å². The summed E-state index contributed by atoms with van der Waals surface area (Å²) in [6.07, 6.45) is -1.38. The Labute approximate surface area is 122 Å². The van der Waals surface area contributed by atoms with Crippen molar-refractivity contribution in [2.45, 2.75) is 36.9 Å². The van der Waals surface area contributed by atoms with Gasteiger partial charge in [0.15, 0.2) is 10.9 Å². The number of carbonyl (C=O) groups excluding carboxylic acids is 2. The molecule has 0 spiro atoms. The predicted molar refractivity (Wildman–Crippen MR) is 76.0 cm³/mol. The number of rotatable bonds is 8. The van der Waals surface area contributed by atoms with Crippen LogP contribution in [0.3, 0.4) is 0 Å².